The predicted molar refractivity (Wildman–Crippen MR) is 57.5 cm³/mol. The molecule has 0 fully saturated rings. The first-order valence-corrected chi connectivity index (χ1v) is 5.29. The van der Waals surface area contributed by atoms with Crippen molar-refractivity contribution in [3.63, 3.8) is 0 Å². The van der Waals surface area contributed by atoms with Gasteiger partial charge in [0.25, 0.3) is 0 Å². The summed E-state index contributed by atoms with van der Waals surface area (Å²) in [6.45, 7) is -2.06. The topological polar surface area (TPSA) is 51.6 Å². The van der Waals surface area contributed by atoms with E-state index >= 15 is 0 Å². The fourth-order valence-electron chi connectivity index (χ4n) is 1.27. The molecule has 108 valence electrons. The van der Waals surface area contributed by atoms with E-state index in [1.54, 1.807) is 6.07 Å². The van der Waals surface area contributed by atoms with Gasteiger partial charge in [-0.3, -0.25) is 4.98 Å². The second-order valence-electron chi connectivity index (χ2n) is 3.68. The number of alkyl halides is 4. The SMILES string of the molecule is COc1cccnc1C(O)COCC(F)(F)C(F)F. The number of pyridine rings is 1. The number of rotatable bonds is 7. The molecule has 1 aromatic rings. The van der Waals surface area contributed by atoms with Crippen LogP contribution in [0.15, 0.2) is 18.3 Å². The highest BCUT2D eigenvalue weighted by Crippen LogP contribution is 2.25. The van der Waals surface area contributed by atoms with Crippen molar-refractivity contribution in [3.05, 3.63) is 24.0 Å². The molecule has 0 aliphatic rings. The van der Waals surface area contributed by atoms with Gasteiger partial charge >= 0.3 is 12.3 Å². The number of ether oxygens (including phenoxy) is 2. The van der Waals surface area contributed by atoms with Gasteiger partial charge in [0.15, 0.2) is 0 Å². The van der Waals surface area contributed by atoms with Crippen molar-refractivity contribution in [2.45, 2.75) is 18.5 Å². The Labute approximate surface area is 107 Å². The van der Waals surface area contributed by atoms with Gasteiger partial charge in [-0.05, 0) is 12.1 Å². The van der Waals surface area contributed by atoms with Gasteiger partial charge in [0.05, 0.1) is 13.7 Å². The lowest BCUT2D eigenvalue weighted by Crippen LogP contribution is -2.33. The maximum Gasteiger partial charge on any atom is 0.330 e. The maximum absolute atomic E-state index is 12.5. The van der Waals surface area contributed by atoms with E-state index in [1.165, 1.54) is 19.4 Å². The molecule has 1 atom stereocenters. The van der Waals surface area contributed by atoms with Crippen LogP contribution in [-0.4, -0.2) is 42.8 Å². The third-order valence-corrected chi connectivity index (χ3v) is 2.22. The Bertz CT molecular complexity index is 403. The minimum Gasteiger partial charge on any atom is -0.495 e. The number of aliphatic hydroxyl groups excluding tert-OH is 1. The molecular weight excluding hydrogens is 270 g/mol. The second kappa shape index (κ2) is 6.67. The standard InChI is InChI=1S/C11H13F4NO3/c1-18-8-3-2-4-16-9(8)7(17)5-19-6-11(14,15)10(12)13/h2-4,7,10,17H,5-6H2,1H3. The first-order chi connectivity index (χ1) is 8.88. The van der Waals surface area contributed by atoms with E-state index in [0.29, 0.717) is 0 Å². The molecule has 0 aliphatic heterocycles. The molecule has 1 N–H and O–H groups in total. The van der Waals surface area contributed by atoms with E-state index in [9.17, 15) is 22.7 Å². The Kier molecular flexibility index (Phi) is 5.49. The largest absolute Gasteiger partial charge is 0.495 e. The lowest BCUT2D eigenvalue weighted by molar-refractivity contribution is -0.171. The maximum atomic E-state index is 12.5. The molecule has 0 aliphatic carbocycles. The number of halogens is 4. The van der Waals surface area contributed by atoms with Crippen LogP contribution < -0.4 is 4.74 Å². The fourth-order valence-corrected chi connectivity index (χ4v) is 1.27. The Morgan fingerprint density at radius 3 is 2.68 bits per heavy atom. The number of nitrogens with zero attached hydrogens (tertiary/aromatic N) is 1. The molecule has 0 bridgehead atoms. The smallest absolute Gasteiger partial charge is 0.330 e. The average molecular weight is 283 g/mol. The Hall–Kier alpha value is -1.41. The van der Waals surface area contributed by atoms with Gasteiger partial charge in [-0.2, -0.15) is 8.78 Å². The third-order valence-electron chi connectivity index (χ3n) is 2.22. The van der Waals surface area contributed by atoms with Crippen LogP contribution in [-0.2, 0) is 4.74 Å². The first kappa shape index (κ1) is 15.6. The molecule has 0 aromatic carbocycles. The van der Waals surface area contributed by atoms with Crippen molar-refractivity contribution in [3.8, 4) is 5.75 Å². The van der Waals surface area contributed by atoms with Crippen LogP contribution in [0.5, 0.6) is 5.75 Å². The molecule has 4 nitrogen and oxygen atoms in total. The molecule has 0 amide bonds. The van der Waals surface area contributed by atoms with Crippen molar-refractivity contribution in [2.24, 2.45) is 0 Å². The van der Waals surface area contributed by atoms with Crippen LogP contribution in [0.25, 0.3) is 0 Å². The molecule has 0 radical (unpaired) electrons. The summed E-state index contributed by atoms with van der Waals surface area (Å²) < 4.78 is 58.1. The minimum atomic E-state index is -4.24. The van der Waals surface area contributed by atoms with E-state index < -0.39 is 31.7 Å². The highest BCUT2D eigenvalue weighted by Gasteiger charge is 2.41. The summed E-state index contributed by atoms with van der Waals surface area (Å²) in [7, 11) is 1.35. The molecule has 8 heteroatoms. The fraction of sp³-hybridized carbons (Fsp3) is 0.545. The molecule has 19 heavy (non-hydrogen) atoms. The normalized spacial score (nSPS) is 13.6. The lowest BCUT2D eigenvalue weighted by Gasteiger charge is -2.17. The summed E-state index contributed by atoms with van der Waals surface area (Å²) in [5.41, 5.74) is 0.0883. The van der Waals surface area contributed by atoms with Crippen molar-refractivity contribution >= 4 is 0 Å². The van der Waals surface area contributed by atoms with Gasteiger partial charge < -0.3 is 14.6 Å². The first-order valence-electron chi connectivity index (χ1n) is 5.29. The van der Waals surface area contributed by atoms with Gasteiger partial charge in [0, 0.05) is 6.20 Å². The number of aliphatic hydroxyl groups is 1. The lowest BCUT2D eigenvalue weighted by atomic mass is 10.2. The van der Waals surface area contributed by atoms with E-state index in [4.69, 9.17) is 4.74 Å². The summed E-state index contributed by atoms with van der Waals surface area (Å²) >= 11 is 0. The predicted octanol–water partition coefficient (Wildman–Crippen LogP) is 2.04. The number of hydrogen-bond donors (Lipinski definition) is 1. The van der Waals surface area contributed by atoms with Gasteiger partial charge in [-0.25, -0.2) is 8.78 Å². The molecular formula is C11H13F4NO3. The number of hydrogen-bond acceptors (Lipinski definition) is 4. The molecule has 1 unspecified atom stereocenters. The van der Waals surface area contributed by atoms with Crippen LogP contribution in [0.1, 0.15) is 11.8 Å². The zero-order valence-electron chi connectivity index (χ0n) is 10.0. The van der Waals surface area contributed by atoms with Crippen molar-refractivity contribution in [1.29, 1.82) is 0 Å². The summed E-state index contributed by atoms with van der Waals surface area (Å²) in [5.74, 6) is -3.99. The molecule has 1 aromatic heterocycles. The van der Waals surface area contributed by atoms with Crippen molar-refractivity contribution < 1.29 is 32.1 Å². The van der Waals surface area contributed by atoms with Crippen LogP contribution in [0, 0.1) is 0 Å². The Morgan fingerprint density at radius 1 is 1.42 bits per heavy atom. The van der Waals surface area contributed by atoms with E-state index in [0.717, 1.165) is 0 Å². The average Bonchev–Trinajstić information content (AvgIpc) is 2.38. The van der Waals surface area contributed by atoms with E-state index in [-0.39, 0.29) is 11.4 Å². The zero-order valence-corrected chi connectivity index (χ0v) is 10.0. The van der Waals surface area contributed by atoms with Gasteiger partial charge in [0.1, 0.15) is 24.2 Å². The molecule has 0 saturated carbocycles. The van der Waals surface area contributed by atoms with Crippen molar-refractivity contribution in [2.75, 3.05) is 20.3 Å². The summed E-state index contributed by atoms with van der Waals surface area (Å²) in [4.78, 5) is 3.81. The van der Waals surface area contributed by atoms with E-state index in [2.05, 4.69) is 9.72 Å². The molecule has 0 saturated heterocycles. The van der Waals surface area contributed by atoms with Gasteiger partial charge in [0.2, 0.25) is 0 Å². The monoisotopic (exact) mass is 283 g/mol. The number of aromatic nitrogens is 1. The van der Waals surface area contributed by atoms with Crippen LogP contribution in [0.2, 0.25) is 0 Å². The van der Waals surface area contributed by atoms with Crippen LogP contribution in [0.4, 0.5) is 17.6 Å². The minimum absolute atomic E-state index is 0.0883. The Balaban J connectivity index is 2.54. The summed E-state index contributed by atoms with van der Waals surface area (Å²) in [5, 5.41) is 9.67. The highest BCUT2D eigenvalue weighted by molar-refractivity contribution is 5.28. The van der Waals surface area contributed by atoms with E-state index in [1.807, 2.05) is 0 Å². The number of methoxy groups -OCH3 is 1. The summed E-state index contributed by atoms with van der Waals surface area (Å²) in [6, 6.07) is 3.07. The molecule has 1 rings (SSSR count). The third kappa shape index (κ3) is 4.32. The molecule has 0 spiro atoms. The van der Waals surface area contributed by atoms with Gasteiger partial charge in [-0.1, -0.05) is 0 Å². The zero-order chi connectivity index (χ0) is 14.5. The Morgan fingerprint density at radius 2 is 2.11 bits per heavy atom. The van der Waals surface area contributed by atoms with Gasteiger partial charge in [-0.15, -0.1) is 0 Å². The van der Waals surface area contributed by atoms with Crippen LogP contribution >= 0.6 is 0 Å². The quantitative estimate of drug-likeness (QED) is 0.778. The molecule has 1 heterocycles. The van der Waals surface area contributed by atoms with Crippen LogP contribution in [0.3, 0.4) is 0 Å². The highest BCUT2D eigenvalue weighted by atomic mass is 19.3. The van der Waals surface area contributed by atoms with Crippen molar-refractivity contribution in [1.82, 2.24) is 4.98 Å². The second-order valence-corrected chi connectivity index (χ2v) is 3.68. The summed E-state index contributed by atoms with van der Waals surface area (Å²) in [6.07, 6.45) is -3.78.